The molecule has 14 heavy (non-hydrogen) atoms. The number of carbonyl (C=O) groups is 1. The molecule has 4 nitrogen and oxygen atoms in total. The summed E-state index contributed by atoms with van der Waals surface area (Å²) in [4.78, 5) is 11.4. The minimum absolute atomic E-state index is 0.0427. The van der Waals surface area contributed by atoms with E-state index in [1.165, 1.54) is 0 Å². The zero-order valence-electron chi connectivity index (χ0n) is 8.88. The van der Waals surface area contributed by atoms with Crippen molar-refractivity contribution in [3.8, 4) is 0 Å². The Morgan fingerprint density at radius 1 is 1.57 bits per heavy atom. The third kappa shape index (κ3) is 4.58. The zero-order valence-corrected chi connectivity index (χ0v) is 8.88. The summed E-state index contributed by atoms with van der Waals surface area (Å²) < 4.78 is 0. The summed E-state index contributed by atoms with van der Waals surface area (Å²) in [5.74, 6) is 0.0897. The Kier molecular flexibility index (Phi) is 4.90. The summed E-state index contributed by atoms with van der Waals surface area (Å²) in [5, 5.41) is 6.35. The van der Waals surface area contributed by atoms with Gasteiger partial charge in [0, 0.05) is 18.5 Å². The molecule has 1 amide bonds. The number of hydrogen-bond acceptors (Lipinski definition) is 3. The maximum absolute atomic E-state index is 11.4. The number of amides is 1. The Morgan fingerprint density at radius 2 is 2.36 bits per heavy atom. The van der Waals surface area contributed by atoms with Crippen LogP contribution in [0.2, 0.25) is 0 Å². The summed E-state index contributed by atoms with van der Waals surface area (Å²) in [6, 6.07) is 0.301. The van der Waals surface area contributed by atoms with E-state index in [1.54, 1.807) is 0 Å². The molecule has 0 saturated carbocycles. The van der Waals surface area contributed by atoms with Crippen LogP contribution in [0.25, 0.3) is 0 Å². The van der Waals surface area contributed by atoms with Crippen LogP contribution in [0, 0.1) is 0 Å². The normalized spacial score (nSPS) is 25.1. The van der Waals surface area contributed by atoms with E-state index in [9.17, 15) is 4.79 Å². The predicted molar refractivity (Wildman–Crippen MR) is 56.9 cm³/mol. The van der Waals surface area contributed by atoms with Crippen molar-refractivity contribution < 1.29 is 4.79 Å². The lowest BCUT2D eigenvalue weighted by Crippen LogP contribution is -2.38. The molecule has 1 heterocycles. The maximum atomic E-state index is 11.4. The smallest absolute Gasteiger partial charge is 0.221 e. The highest BCUT2D eigenvalue weighted by molar-refractivity contribution is 5.76. The van der Waals surface area contributed by atoms with E-state index in [2.05, 4.69) is 10.6 Å². The van der Waals surface area contributed by atoms with Gasteiger partial charge in [-0.3, -0.25) is 4.79 Å². The molecule has 0 radical (unpaired) electrons. The molecule has 0 aromatic heterocycles. The van der Waals surface area contributed by atoms with Crippen LogP contribution in [0.5, 0.6) is 0 Å². The summed E-state index contributed by atoms with van der Waals surface area (Å²) in [5.41, 5.74) is 5.56. The van der Waals surface area contributed by atoms with Gasteiger partial charge in [0.2, 0.25) is 5.91 Å². The van der Waals surface area contributed by atoms with Gasteiger partial charge in [0.1, 0.15) is 0 Å². The van der Waals surface area contributed by atoms with E-state index in [0.717, 1.165) is 32.4 Å². The molecular formula is C10H21N3O. The molecule has 2 unspecified atom stereocenters. The van der Waals surface area contributed by atoms with Gasteiger partial charge in [-0.15, -0.1) is 0 Å². The van der Waals surface area contributed by atoms with E-state index in [4.69, 9.17) is 5.73 Å². The highest BCUT2D eigenvalue weighted by Gasteiger charge is 2.14. The van der Waals surface area contributed by atoms with Gasteiger partial charge in [-0.05, 0) is 39.3 Å². The van der Waals surface area contributed by atoms with E-state index in [0.29, 0.717) is 12.5 Å². The van der Waals surface area contributed by atoms with Gasteiger partial charge in [-0.25, -0.2) is 0 Å². The van der Waals surface area contributed by atoms with Crippen molar-refractivity contribution >= 4 is 5.91 Å². The van der Waals surface area contributed by atoms with E-state index < -0.39 is 0 Å². The molecule has 1 rings (SSSR count). The Morgan fingerprint density at radius 3 is 3.07 bits per heavy atom. The van der Waals surface area contributed by atoms with Crippen LogP contribution < -0.4 is 16.4 Å². The minimum atomic E-state index is -0.0427. The van der Waals surface area contributed by atoms with Crippen LogP contribution >= 0.6 is 0 Å². The molecule has 0 aliphatic carbocycles. The third-order valence-electron chi connectivity index (χ3n) is 2.45. The van der Waals surface area contributed by atoms with Gasteiger partial charge in [0.15, 0.2) is 0 Å². The first kappa shape index (κ1) is 11.5. The second-order valence-electron chi connectivity index (χ2n) is 4.13. The molecule has 4 N–H and O–H groups in total. The predicted octanol–water partition coefficient (Wildman–Crippen LogP) is -0.0180. The average molecular weight is 199 g/mol. The number of hydrogen-bond donors (Lipinski definition) is 3. The van der Waals surface area contributed by atoms with Crippen LogP contribution in [-0.2, 0) is 4.79 Å². The lowest BCUT2D eigenvalue weighted by atomic mass is 10.1. The Labute approximate surface area is 85.6 Å². The van der Waals surface area contributed by atoms with Gasteiger partial charge in [0.05, 0.1) is 0 Å². The summed E-state index contributed by atoms with van der Waals surface area (Å²) >= 11 is 0. The minimum Gasteiger partial charge on any atom is -0.353 e. The quantitative estimate of drug-likeness (QED) is 0.598. The summed E-state index contributed by atoms with van der Waals surface area (Å²) in [6.45, 7) is 3.93. The van der Waals surface area contributed by atoms with Gasteiger partial charge in [-0.1, -0.05) is 0 Å². The van der Waals surface area contributed by atoms with Crippen LogP contribution in [0.1, 0.15) is 32.6 Å². The standard InChI is InChI=1S/C10H21N3O/c1-8(11)7-10(14)13-9-3-2-5-12-6-4-9/h8-9,12H,2-7,11H2,1H3,(H,13,14). The van der Waals surface area contributed by atoms with E-state index >= 15 is 0 Å². The highest BCUT2D eigenvalue weighted by Crippen LogP contribution is 2.05. The van der Waals surface area contributed by atoms with Crippen LogP contribution in [0.15, 0.2) is 0 Å². The van der Waals surface area contributed by atoms with E-state index in [1.807, 2.05) is 6.92 Å². The molecule has 1 aliphatic rings. The van der Waals surface area contributed by atoms with Crippen LogP contribution in [0.3, 0.4) is 0 Å². The SMILES string of the molecule is CC(N)CC(=O)NC1CCCNCC1. The Bertz CT molecular complexity index is 174. The largest absolute Gasteiger partial charge is 0.353 e. The average Bonchev–Trinajstić information content (AvgIpc) is 2.31. The van der Waals surface area contributed by atoms with Crippen LogP contribution in [-0.4, -0.2) is 31.1 Å². The first-order valence-corrected chi connectivity index (χ1v) is 5.44. The Balaban J connectivity index is 2.23. The molecule has 2 atom stereocenters. The highest BCUT2D eigenvalue weighted by atomic mass is 16.1. The summed E-state index contributed by atoms with van der Waals surface area (Å²) in [6.07, 6.45) is 3.69. The third-order valence-corrected chi connectivity index (χ3v) is 2.45. The molecule has 0 bridgehead atoms. The van der Waals surface area contributed by atoms with Crippen molar-refractivity contribution in [2.75, 3.05) is 13.1 Å². The Hall–Kier alpha value is -0.610. The maximum Gasteiger partial charge on any atom is 0.221 e. The fraction of sp³-hybridized carbons (Fsp3) is 0.900. The van der Waals surface area contributed by atoms with Crippen LogP contribution in [0.4, 0.5) is 0 Å². The number of carbonyl (C=O) groups excluding carboxylic acids is 1. The van der Waals surface area contributed by atoms with Crippen molar-refractivity contribution in [3.63, 3.8) is 0 Å². The molecule has 1 aliphatic heterocycles. The monoisotopic (exact) mass is 199 g/mol. The fourth-order valence-corrected chi connectivity index (χ4v) is 1.74. The van der Waals surface area contributed by atoms with Crippen molar-refractivity contribution in [1.29, 1.82) is 0 Å². The lowest BCUT2D eigenvalue weighted by Gasteiger charge is -2.16. The lowest BCUT2D eigenvalue weighted by molar-refractivity contribution is -0.122. The van der Waals surface area contributed by atoms with Crippen molar-refractivity contribution in [2.45, 2.75) is 44.7 Å². The van der Waals surface area contributed by atoms with Gasteiger partial charge >= 0.3 is 0 Å². The van der Waals surface area contributed by atoms with Gasteiger partial charge < -0.3 is 16.4 Å². The number of rotatable bonds is 3. The molecular weight excluding hydrogens is 178 g/mol. The van der Waals surface area contributed by atoms with Gasteiger partial charge in [0.25, 0.3) is 0 Å². The summed E-state index contributed by atoms with van der Waals surface area (Å²) in [7, 11) is 0. The molecule has 0 aromatic rings. The van der Waals surface area contributed by atoms with Gasteiger partial charge in [-0.2, -0.15) is 0 Å². The second-order valence-corrected chi connectivity index (χ2v) is 4.13. The molecule has 4 heteroatoms. The molecule has 1 fully saturated rings. The second kappa shape index (κ2) is 5.98. The molecule has 1 saturated heterocycles. The van der Waals surface area contributed by atoms with E-state index in [-0.39, 0.29) is 11.9 Å². The topological polar surface area (TPSA) is 67.2 Å². The first-order chi connectivity index (χ1) is 6.68. The zero-order chi connectivity index (χ0) is 10.4. The number of nitrogens with two attached hydrogens (primary N) is 1. The van der Waals surface area contributed by atoms with Crippen molar-refractivity contribution in [3.05, 3.63) is 0 Å². The first-order valence-electron chi connectivity index (χ1n) is 5.44. The molecule has 0 aromatic carbocycles. The van der Waals surface area contributed by atoms with Crippen molar-refractivity contribution in [1.82, 2.24) is 10.6 Å². The molecule has 0 spiro atoms. The number of nitrogens with one attached hydrogen (secondary N) is 2. The molecule has 82 valence electrons. The fourth-order valence-electron chi connectivity index (χ4n) is 1.74. The van der Waals surface area contributed by atoms with Crippen molar-refractivity contribution in [2.24, 2.45) is 5.73 Å².